The van der Waals surface area contributed by atoms with Crippen LogP contribution in [0.15, 0.2) is 54.6 Å². The van der Waals surface area contributed by atoms with Crippen molar-refractivity contribution in [1.29, 1.82) is 0 Å². The zero-order valence-electron chi connectivity index (χ0n) is 17.2. The van der Waals surface area contributed by atoms with Crippen molar-refractivity contribution in [2.24, 2.45) is 0 Å². The molecule has 0 heterocycles. The number of nitrogens with zero attached hydrogens (tertiary/aromatic N) is 1. The van der Waals surface area contributed by atoms with Gasteiger partial charge in [-0.15, -0.1) is 0 Å². The molecule has 1 amide bonds. The molecular formula is C23H32N2O2. The van der Waals surface area contributed by atoms with Crippen LogP contribution in [-0.4, -0.2) is 37.6 Å². The minimum Gasteiger partial charge on any atom is -0.497 e. The van der Waals surface area contributed by atoms with Gasteiger partial charge in [-0.25, -0.2) is 0 Å². The van der Waals surface area contributed by atoms with E-state index in [2.05, 4.69) is 36.2 Å². The van der Waals surface area contributed by atoms with Crippen molar-refractivity contribution >= 4 is 5.91 Å². The first-order valence-corrected chi connectivity index (χ1v) is 9.65. The second-order valence-corrected chi connectivity index (χ2v) is 7.21. The van der Waals surface area contributed by atoms with Crippen molar-refractivity contribution in [1.82, 2.24) is 10.2 Å². The Morgan fingerprint density at radius 2 is 1.74 bits per heavy atom. The fraction of sp³-hybridized carbons (Fsp3) is 0.435. The second-order valence-electron chi connectivity index (χ2n) is 7.21. The van der Waals surface area contributed by atoms with E-state index in [1.807, 2.05) is 56.3 Å². The van der Waals surface area contributed by atoms with Gasteiger partial charge in [0.05, 0.1) is 18.6 Å². The molecule has 0 saturated heterocycles. The number of carbonyl (C=O) groups excluding carboxylic acids is 1. The molecule has 0 aromatic heterocycles. The number of carbonyl (C=O) groups is 1. The van der Waals surface area contributed by atoms with Gasteiger partial charge in [-0.1, -0.05) is 56.3 Å². The number of likely N-dealkylation sites (N-methyl/N-ethyl adjacent to an activating group) is 1. The van der Waals surface area contributed by atoms with Gasteiger partial charge in [-0.3, -0.25) is 9.69 Å². The molecule has 4 nitrogen and oxygen atoms in total. The molecule has 0 fully saturated rings. The number of rotatable bonds is 9. The second kappa shape index (κ2) is 9.56. The first kappa shape index (κ1) is 21.0. The van der Waals surface area contributed by atoms with E-state index in [0.29, 0.717) is 6.54 Å². The Hall–Kier alpha value is -2.33. The standard InChI is InChI=1S/C23H32N2O2/c1-6-25(7-2)21(18-12-11-15-20(16-18)27-5)17-24-22(26)23(3,4)19-13-9-8-10-14-19/h8-16,21H,6-7,17H2,1-5H3,(H,24,26). The van der Waals surface area contributed by atoms with Crippen molar-refractivity contribution < 1.29 is 9.53 Å². The lowest BCUT2D eigenvalue weighted by Crippen LogP contribution is -2.44. The van der Waals surface area contributed by atoms with Gasteiger partial charge in [0, 0.05) is 6.54 Å². The largest absolute Gasteiger partial charge is 0.497 e. The molecular weight excluding hydrogens is 336 g/mol. The minimum absolute atomic E-state index is 0.0359. The zero-order chi connectivity index (χ0) is 19.9. The van der Waals surface area contributed by atoms with Crippen molar-refractivity contribution in [3.8, 4) is 5.75 Å². The van der Waals surface area contributed by atoms with Crippen LogP contribution in [0.1, 0.15) is 44.9 Å². The monoisotopic (exact) mass is 368 g/mol. The molecule has 0 spiro atoms. The topological polar surface area (TPSA) is 41.6 Å². The lowest BCUT2D eigenvalue weighted by Gasteiger charge is -2.32. The third-order valence-electron chi connectivity index (χ3n) is 5.25. The molecule has 146 valence electrons. The number of hydrogen-bond acceptors (Lipinski definition) is 3. The van der Waals surface area contributed by atoms with Gasteiger partial charge in [0.1, 0.15) is 5.75 Å². The average Bonchev–Trinajstić information content (AvgIpc) is 2.71. The van der Waals surface area contributed by atoms with Crippen LogP contribution in [0.5, 0.6) is 5.75 Å². The highest BCUT2D eigenvalue weighted by Gasteiger charge is 2.30. The molecule has 4 heteroatoms. The maximum absolute atomic E-state index is 13.0. The lowest BCUT2D eigenvalue weighted by molar-refractivity contribution is -0.125. The van der Waals surface area contributed by atoms with Gasteiger partial charge in [0.2, 0.25) is 5.91 Å². The summed E-state index contributed by atoms with van der Waals surface area (Å²) < 4.78 is 5.38. The molecule has 0 radical (unpaired) electrons. The number of amides is 1. The van der Waals surface area contributed by atoms with Crippen molar-refractivity contribution in [2.75, 3.05) is 26.7 Å². The molecule has 0 aliphatic carbocycles. The Balaban J connectivity index is 2.19. The highest BCUT2D eigenvalue weighted by Crippen LogP contribution is 2.26. The molecule has 1 unspecified atom stereocenters. The van der Waals surface area contributed by atoms with Crippen molar-refractivity contribution in [2.45, 2.75) is 39.2 Å². The van der Waals surface area contributed by atoms with E-state index in [9.17, 15) is 4.79 Å². The molecule has 2 aromatic rings. The van der Waals surface area contributed by atoms with Crippen molar-refractivity contribution in [3.63, 3.8) is 0 Å². The van der Waals surface area contributed by atoms with Crippen LogP contribution < -0.4 is 10.1 Å². The third-order valence-corrected chi connectivity index (χ3v) is 5.25. The molecule has 2 rings (SSSR count). The molecule has 0 saturated carbocycles. The first-order valence-electron chi connectivity index (χ1n) is 9.65. The highest BCUT2D eigenvalue weighted by molar-refractivity contribution is 5.87. The lowest BCUT2D eigenvalue weighted by atomic mass is 9.83. The summed E-state index contributed by atoms with van der Waals surface area (Å²) >= 11 is 0. The predicted molar refractivity (Wildman–Crippen MR) is 111 cm³/mol. The molecule has 1 N–H and O–H groups in total. The van der Waals surface area contributed by atoms with E-state index in [4.69, 9.17) is 4.74 Å². The molecule has 1 atom stereocenters. The van der Waals surface area contributed by atoms with Gasteiger partial charge >= 0.3 is 0 Å². The van der Waals surface area contributed by atoms with Gasteiger partial charge < -0.3 is 10.1 Å². The Morgan fingerprint density at radius 1 is 1.07 bits per heavy atom. The fourth-order valence-corrected chi connectivity index (χ4v) is 3.37. The Bertz CT molecular complexity index is 724. The maximum atomic E-state index is 13.0. The number of nitrogens with one attached hydrogen (secondary N) is 1. The molecule has 0 aliphatic rings. The summed E-state index contributed by atoms with van der Waals surface area (Å²) in [6, 6.07) is 18.1. The number of ether oxygens (including phenoxy) is 1. The van der Waals surface area contributed by atoms with E-state index in [-0.39, 0.29) is 11.9 Å². The zero-order valence-corrected chi connectivity index (χ0v) is 17.2. The summed E-state index contributed by atoms with van der Waals surface area (Å²) in [6.07, 6.45) is 0. The van der Waals surface area contributed by atoms with Crippen LogP contribution in [0.4, 0.5) is 0 Å². The Labute approximate surface area is 163 Å². The summed E-state index contributed by atoms with van der Waals surface area (Å²) in [5.41, 5.74) is 1.59. The van der Waals surface area contributed by atoms with Gasteiger partial charge in [-0.2, -0.15) is 0 Å². The Morgan fingerprint density at radius 3 is 2.33 bits per heavy atom. The summed E-state index contributed by atoms with van der Waals surface area (Å²) in [5.74, 6) is 0.870. The number of hydrogen-bond donors (Lipinski definition) is 1. The van der Waals surface area contributed by atoms with E-state index in [1.54, 1.807) is 7.11 Å². The average molecular weight is 369 g/mol. The molecule has 0 aliphatic heterocycles. The van der Waals surface area contributed by atoms with Gasteiger partial charge in [-0.05, 0) is 50.2 Å². The third kappa shape index (κ3) is 5.10. The molecule has 2 aromatic carbocycles. The predicted octanol–water partition coefficient (Wildman–Crippen LogP) is 4.17. The minimum atomic E-state index is -0.580. The summed E-state index contributed by atoms with van der Waals surface area (Å²) in [4.78, 5) is 15.3. The molecule has 0 bridgehead atoms. The number of methoxy groups -OCH3 is 1. The SMILES string of the molecule is CCN(CC)C(CNC(=O)C(C)(C)c1ccccc1)c1cccc(OC)c1. The van der Waals surface area contributed by atoms with Crippen molar-refractivity contribution in [3.05, 3.63) is 65.7 Å². The van der Waals surface area contributed by atoms with E-state index < -0.39 is 5.41 Å². The Kier molecular flexibility index (Phi) is 7.43. The first-order chi connectivity index (χ1) is 12.9. The quantitative estimate of drug-likeness (QED) is 0.722. The smallest absolute Gasteiger partial charge is 0.230 e. The van der Waals surface area contributed by atoms with E-state index >= 15 is 0 Å². The van der Waals surface area contributed by atoms with Crippen LogP contribution >= 0.6 is 0 Å². The highest BCUT2D eigenvalue weighted by atomic mass is 16.5. The van der Waals surface area contributed by atoms with Crippen LogP contribution in [0.2, 0.25) is 0 Å². The van der Waals surface area contributed by atoms with E-state index in [0.717, 1.165) is 30.0 Å². The van der Waals surface area contributed by atoms with Gasteiger partial charge in [0.15, 0.2) is 0 Å². The van der Waals surface area contributed by atoms with Crippen LogP contribution in [0, 0.1) is 0 Å². The summed E-state index contributed by atoms with van der Waals surface area (Å²) in [6.45, 7) is 10.6. The number of benzene rings is 2. The van der Waals surface area contributed by atoms with Crippen LogP contribution in [0.3, 0.4) is 0 Å². The van der Waals surface area contributed by atoms with E-state index in [1.165, 1.54) is 0 Å². The normalized spacial score (nSPS) is 12.7. The summed E-state index contributed by atoms with van der Waals surface area (Å²) in [5, 5.41) is 3.19. The van der Waals surface area contributed by atoms with Crippen LogP contribution in [-0.2, 0) is 10.2 Å². The van der Waals surface area contributed by atoms with Crippen LogP contribution in [0.25, 0.3) is 0 Å². The fourth-order valence-electron chi connectivity index (χ4n) is 3.37. The maximum Gasteiger partial charge on any atom is 0.230 e. The summed E-state index contributed by atoms with van der Waals surface area (Å²) in [7, 11) is 1.68. The molecule has 27 heavy (non-hydrogen) atoms. The van der Waals surface area contributed by atoms with Gasteiger partial charge in [0.25, 0.3) is 0 Å².